The van der Waals surface area contributed by atoms with Gasteiger partial charge in [-0.3, -0.25) is 4.79 Å². The number of rotatable bonds is 6. The summed E-state index contributed by atoms with van der Waals surface area (Å²) in [6, 6.07) is 1.74. The quantitative estimate of drug-likeness (QED) is 0.597. The number of thiophene rings is 1. The van der Waals surface area contributed by atoms with Gasteiger partial charge in [0.05, 0.1) is 22.3 Å². The smallest absolute Gasteiger partial charge is 0.409 e. The first-order valence-electron chi connectivity index (χ1n) is 9.23. The Hall–Kier alpha value is -2.78. The maximum atomic E-state index is 12.7. The molecule has 0 aliphatic rings. The van der Waals surface area contributed by atoms with Gasteiger partial charge in [0.25, 0.3) is 0 Å². The van der Waals surface area contributed by atoms with Crippen LogP contribution in [0.5, 0.6) is 5.75 Å². The van der Waals surface area contributed by atoms with Crippen molar-refractivity contribution in [3.63, 3.8) is 0 Å². The molecule has 3 aromatic rings. The summed E-state index contributed by atoms with van der Waals surface area (Å²) in [5.41, 5.74) is 1.73. The first-order chi connectivity index (χ1) is 13.6. The average Bonchev–Trinajstić information content (AvgIpc) is 3.26. The van der Waals surface area contributed by atoms with Gasteiger partial charge in [-0.2, -0.15) is 0 Å². The molecule has 3 heterocycles. The average molecular weight is 416 g/mol. The summed E-state index contributed by atoms with van der Waals surface area (Å²) in [6.45, 7) is 6.85. The molecule has 29 heavy (non-hydrogen) atoms. The van der Waals surface area contributed by atoms with Crippen LogP contribution in [-0.2, 0) is 0 Å². The number of ketones is 1. The van der Waals surface area contributed by atoms with Gasteiger partial charge in [-0.05, 0) is 14.1 Å². The standard InChI is InChI=1S/C20H25N5O3S/c1-20(2,3)17(26)13-9-22-18-16(13)24-14(10-23-18)15-8-12(11-29-15)28-19(27)21-6-7-25(4)5/h8-11H,6-7H2,1-5H3,(H,21,27)(H,22,23). The van der Waals surface area contributed by atoms with E-state index in [9.17, 15) is 9.59 Å². The van der Waals surface area contributed by atoms with Crippen LogP contribution in [0.4, 0.5) is 4.79 Å². The Balaban J connectivity index is 1.78. The van der Waals surface area contributed by atoms with E-state index < -0.39 is 11.5 Å². The van der Waals surface area contributed by atoms with Gasteiger partial charge in [0, 0.05) is 36.1 Å². The van der Waals surface area contributed by atoms with Crippen LogP contribution in [0.2, 0.25) is 0 Å². The molecule has 0 spiro atoms. The Morgan fingerprint density at radius 2 is 2.07 bits per heavy atom. The third-order valence-electron chi connectivity index (χ3n) is 4.17. The Morgan fingerprint density at radius 1 is 1.31 bits per heavy atom. The highest BCUT2D eigenvalue weighted by atomic mass is 32.1. The number of H-pyrrole nitrogens is 1. The number of nitrogens with zero attached hydrogens (tertiary/aromatic N) is 3. The zero-order valence-electron chi connectivity index (χ0n) is 17.2. The lowest BCUT2D eigenvalue weighted by Gasteiger charge is -2.15. The molecule has 2 N–H and O–H groups in total. The fourth-order valence-corrected chi connectivity index (χ4v) is 3.38. The van der Waals surface area contributed by atoms with Gasteiger partial charge in [-0.25, -0.2) is 14.8 Å². The highest BCUT2D eigenvalue weighted by molar-refractivity contribution is 7.13. The van der Waals surface area contributed by atoms with Crippen molar-refractivity contribution in [2.45, 2.75) is 20.8 Å². The number of nitrogens with one attached hydrogen (secondary N) is 2. The number of fused-ring (bicyclic) bond motifs is 1. The van der Waals surface area contributed by atoms with Crippen LogP contribution in [0.15, 0.2) is 23.8 Å². The maximum Gasteiger partial charge on any atom is 0.412 e. The van der Waals surface area contributed by atoms with E-state index in [1.54, 1.807) is 23.8 Å². The summed E-state index contributed by atoms with van der Waals surface area (Å²) in [4.78, 5) is 39.4. The molecule has 8 nitrogen and oxygen atoms in total. The van der Waals surface area contributed by atoms with Crippen LogP contribution in [0.25, 0.3) is 21.7 Å². The van der Waals surface area contributed by atoms with Gasteiger partial charge in [-0.15, -0.1) is 11.3 Å². The van der Waals surface area contributed by atoms with Gasteiger partial charge < -0.3 is 19.9 Å². The molecule has 0 radical (unpaired) electrons. The predicted molar refractivity (Wildman–Crippen MR) is 114 cm³/mol. The van der Waals surface area contributed by atoms with Crippen LogP contribution >= 0.6 is 11.3 Å². The summed E-state index contributed by atoms with van der Waals surface area (Å²) >= 11 is 1.39. The summed E-state index contributed by atoms with van der Waals surface area (Å²) < 4.78 is 5.31. The molecule has 3 rings (SSSR count). The summed E-state index contributed by atoms with van der Waals surface area (Å²) in [5.74, 6) is 0.439. The topological polar surface area (TPSA) is 100 Å². The third kappa shape index (κ3) is 4.99. The lowest BCUT2D eigenvalue weighted by molar-refractivity contribution is 0.0860. The van der Waals surface area contributed by atoms with Crippen molar-refractivity contribution in [2.75, 3.05) is 27.2 Å². The van der Waals surface area contributed by atoms with E-state index in [2.05, 4.69) is 20.3 Å². The largest absolute Gasteiger partial charge is 0.412 e. The van der Waals surface area contributed by atoms with Gasteiger partial charge in [0.2, 0.25) is 0 Å². The number of amides is 1. The molecule has 0 atom stereocenters. The molecule has 0 aliphatic carbocycles. The molecule has 3 aromatic heterocycles. The first kappa shape index (κ1) is 20.9. The molecular weight excluding hydrogens is 390 g/mol. The molecular formula is C20H25N5O3S. The molecule has 0 aromatic carbocycles. The van der Waals surface area contributed by atoms with Gasteiger partial charge in [-0.1, -0.05) is 20.8 Å². The first-order valence-corrected chi connectivity index (χ1v) is 10.1. The minimum absolute atomic E-state index is 0.000188. The zero-order valence-corrected chi connectivity index (χ0v) is 18.0. The Labute approximate surface area is 173 Å². The Kier molecular flexibility index (Phi) is 5.99. The summed E-state index contributed by atoms with van der Waals surface area (Å²) in [6.07, 6.45) is 2.79. The normalized spacial score (nSPS) is 11.8. The number of aromatic nitrogens is 3. The van der Waals surface area contributed by atoms with Crippen LogP contribution < -0.4 is 10.1 Å². The second-order valence-corrected chi connectivity index (χ2v) is 8.91. The van der Waals surface area contributed by atoms with Gasteiger partial charge in [0.1, 0.15) is 11.3 Å². The fourth-order valence-electron chi connectivity index (χ4n) is 2.62. The predicted octanol–water partition coefficient (Wildman–Crippen LogP) is 3.57. The van der Waals surface area contributed by atoms with Crippen LogP contribution in [-0.4, -0.2) is 58.9 Å². The molecule has 9 heteroatoms. The number of aromatic amines is 1. The van der Waals surface area contributed by atoms with Crippen molar-refractivity contribution in [3.05, 3.63) is 29.4 Å². The van der Waals surface area contributed by atoms with E-state index >= 15 is 0 Å². The van der Waals surface area contributed by atoms with Crippen molar-refractivity contribution in [1.82, 2.24) is 25.2 Å². The lowest BCUT2D eigenvalue weighted by atomic mass is 9.87. The second kappa shape index (κ2) is 8.30. The number of likely N-dealkylation sites (N-methyl/N-ethyl adjacent to an activating group) is 1. The fraction of sp³-hybridized carbons (Fsp3) is 0.400. The van der Waals surface area contributed by atoms with Crippen molar-refractivity contribution < 1.29 is 14.3 Å². The maximum absolute atomic E-state index is 12.7. The van der Waals surface area contributed by atoms with Gasteiger partial charge >= 0.3 is 6.09 Å². The highest BCUT2D eigenvalue weighted by Crippen LogP contribution is 2.32. The van der Waals surface area contributed by atoms with E-state index in [0.29, 0.717) is 34.7 Å². The molecule has 0 saturated carbocycles. The van der Waals surface area contributed by atoms with Crippen molar-refractivity contribution >= 4 is 34.4 Å². The summed E-state index contributed by atoms with van der Waals surface area (Å²) in [5, 5.41) is 4.44. The van der Waals surface area contributed by atoms with Crippen LogP contribution in [0, 0.1) is 5.41 Å². The van der Waals surface area contributed by atoms with E-state index in [1.807, 2.05) is 39.8 Å². The number of hydrogen-bond donors (Lipinski definition) is 2. The minimum Gasteiger partial charge on any atom is -0.409 e. The van der Waals surface area contributed by atoms with Gasteiger partial charge in [0.15, 0.2) is 11.4 Å². The van der Waals surface area contributed by atoms with Crippen LogP contribution in [0.1, 0.15) is 31.1 Å². The molecule has 0 bridgehead atoms. The number of Topliss-reactive ketones (excluding diaryl/α,β-unsaturated/α-hetero) is 1. The second-order valence-electron chi connectivity index (χ2n) is 8.00. The lowest BCUT2D eigenvalue weighted by Crippen LogP contribution is -2.33. The van der Waals surface area contributed by atoms with Crippen molar-refractivity contribution in [2.24, 2.45) is 5.41 Å². The SMILES string of the molecule is CN(C)CCNC(=O)Oc1csc(-c2cnc3[nH]cc(C(=O)C(C)(C)C)c3n2)c1. The Morgan fingerprint density at radius 3 is 2.76 bits per heavy atom. The van der Waals surface area contributed by atoms with Crippen LogP contribution in [0.3, 0.4) is 0 Å². The number of hydrogen-bond acceptors (Lipinski definition) is 7. The number of ether oxygens (including phenoxy) is 1. The van der Waals surface area contributed by atoms with E-state index in [0.717, 1.165) is 11.4 Å². The molecule has 0 unspecified atom stereocenters. The summed E-state index contributed by atoms with van der Waals surface area (Å²) in [7, 11) is 3.86. The van der Waals surface area contributed by atoms with E-state index in [1.165, 1.54) is 11.3 Å². The number of carbonyl (C=O) groups is 2. The molecule has 0 fully saturated rings. The molecule has 154 valence electrons. The molecule has 0 aliphatic heterocycles. The molecule has 0 saturated heterocycles. The number of carbonyl (C=O) groups excluding carboxylic acids is 2. The monoisotopic (exact) mass is 415 g/mol. The molecule has 1 amide bonds. The highest BCUT2D eigenvalue weighted by Gasteiger charge is 2.26. The van der Waals surface area contributed by atoms with E-state index in [4.69, 9.17) is 4.74 Å². The van der Waals surface area contributed by atoms with Crippen molar-refractivity contribution in [3.8, 4) is 16.3 Å². The Bertz CT molecular complexity index is 1030. The minimum atomic E-state index is -0.517. The van der Waals surface area contributed by atoms with E-state index in [-0.39, 0.29) is 5.78 Å². The third-order valence-corrected chi connectivity index (χ3v) is 5.10. The zero-order chi connectivity index (χ0) is 21.2. The van der Waals surface area contributed by atoms with Crippen molar-refractivity contribution in [1.29, 1.82) is 0 Å².